The van der Waals surface area contributed by atoms with E-state index in [2.05, 4.69) is 0 Å². The fourth-order valence-corrected chi connectivity index (χ4v) is 0.908. The molecule has 0 aliphatic carbocycles. The zero-order chi connectivity index (χ0) is 5.91. The molecule has 0 radical (unpaired) electrons. The molecule has 0 aliphatic rings. The Morgan fingerprint density at radius 2 is 1.88 bits per heavy atom. The van der Waals surface area contributed by atoms with Crippen LogP contribution in [-0.4, -0.2) is 14.7 Å². The van der Waals surface area contributed by atoms with Crippen LogP contribution in [0.4, 0.5) is 0 Å². The standard InChI is InChI=1S/C4H9O2S.U/c1-3-4-7(2,5)6;/h4H,3H2,1-2H3;/q-1;+2. The molecule has 0 spiro atoms. The number of sulfone groups is 1. The molecule has 4 heteroatoms. The Labute approximate surface area is 74.3 Å². The van der Waals surface area contributed by atoms with Crippen molar-refractivity contribution >= 4 is 9.84 Å². The van der Waals surface area contributed by atoms with E-state index in [1.807, 2.05) is 0 Å². The van der Waals surface area contributed by atoms with Crippen LogP contribution in [-0.2, 0) is 9.84 Å². The monoisotopic (exact) mass is 359 g/mol. The van der Waals surface area contributed by atoms with E-state index in [9.17, 15) is 8.42 Å². The molecule has 0 unspecified atom stereocenters. The molecule has 0 atom stereocenters. The Hall–Kier alpha value is 1.00. The van der Waals surface area contributed by atoms with E-state index in [-0.39, 0.29) is 31.1 Å². The molecule has 0 aromatic carbocycles. The summed E-state index contributed by atoms with van der Waals surface area (Å²) in [4.78, 5) is 0. The fourth-order valence-electron chi connectivity index (χ4n) is 0.303. The van der Waals surface area contributed by atoms with Gasteiger partial charge in [-0.15, -0.1) is 0 Å². The Balaban J connectivity index is 0. The number of hydrogen-bond donors (Lipinski definition) is 0. The summed E-state index contributed by atoms with van der Waals surface area (Å²) in [7, 11) is -2.80. The van der Waals surface area contributed by atoms with E-state index in [4.69, 9.17) is 0 Å². The van der Waals surface area contributed by atoms with Crippen molar-refractivity contribution < 1.29 is 39.5 Å². The second-order valence-corrected chi connectivity index (χ2v) is 3.40. The maximum atomic E-state index is 10.2. The molecule has 0 saturated heterocycles. The zero-order valence-corrected chi connectivity index (χ0v) is 9.99. The van der Waals surface area contributed by atoms with E-state index in [1.54, 1.807) is 6.92 Å². The van der Waals surface area contributed by atoms with Gasteiger partial charge < -0.3 is 0 Å². The van der Waals surface area contributed by atoms with Gasteiger partial charge in [-0.2, -0.15) is 6.42 Å². The van der Waals surface area contributed by atoms with E-state index >= 15 is 0 Å². The smallest absolute Gasteiger partial charge is 0.263 e. The van der Waals surface area contributed by atoms with Gasteiger partial charge in [0.25, 0.3) is 0 Å². The van der Waals surface area contributed by atoms with Crippen LogP contribution >= 0.6 is 0 Å². The SMILES string of the molecule is CC[CH-]S(C)(=O)=O.[U+2]. The van der Waals surface area contributed by atoms with Crippen molar-refractivity contribution in [2.24, 2.45) is 0 Å². The van der Waals surface area contributed by atoms with Crippen molar-refractivity contribution in [1.29, 1.82) is 0 Å². The van der Waals surface area contributed by atoms with Gasteiger partial charge in [-0.05, 0) is 0 Å². The van der Waals surface area contributed by atoms with Crippen molar-refractivity contribution in [1.82, 2.24) is 0 Å². The fraction of sp³-hybridized carbons (Fsp3) is 0.750. The molecule has 0 bridgehead atoms. The summed E-state index contributed by atoms with van der Waals surface area (Å²) in [6.45, 7) is 1.79. The van der Waals surface area contributed by atoms with Gasteiger partial charge in [-0.3, -0.25) is 8.42 Å². The van der Waals surface area contributed by atoms with Crippen LogP contribution in [0, 0.1) is 36.9 Å². The topological polar surface area (TPSA) is 34.1 Å². The molecule has 0 aromatic heterocycles. The molecule has 0 amide bonds. The van der Waals surface area contributed by atoms with Gasteiger partial charge in [0.1, 0.15) is 0 Å². The van der Waals surface area contributed by atoms with Gasteiger partial charge in [0.15, 0.2) is 0 Å². The third-order valence-electron chi connectivity index (χ3n) is 0.469. The first kappa shape index (κ1) is 11.8. The summed E-state index contributed by atoms with van der Waals surface area (Å²) in [5, 5.41) is 0. The Bertz CT molecular complexity index is 127. The van der Waals surface area contributed by atoms with Gasteiger partial charge in [0.2, 0.25) is 0 Å². The second-order valence-electron chi connectivity index (χ2n) is 1.40. The third-order valence-corrected chi connectivity index (χ3v) is 1.41. The van der Waals surface area contributed by atoms with Gasteiger partial charge in [0.05, 0.1) is 0 Å². The van der Waals surface area contributed by atoms with Crippen LogP contribution in [0.5, 0.6) is 0 Å². The van der Waals surface area contributed by atoms with E-state index in [1.165, 1.54) is 12.0 Å². The van der Waals surface area contributed by atoms with Crippen molar-refractivity contribution in [3.63, 3.8) is 0 Å². The molecule has 0 aromatic rings. The molecule has 0 saturated carbocycles. The van der Waals surface area contributed by atoms with Crippen molar-refractivity contribution in [3.05, 3.63) is 5.75 Å². The number of hydrogen-bond acceptors (Lipinski definition) is 2. The minimum atomic E-state index is -2.80. The molecule has 0 N–H and O–H groups in total. The Morgan fingerprint density at radius 3 is 1.88 bits per heavy atom. The summed E-state index contributed by atoms with van der Waals surface area (Å²) < 4.78 is 20.4. The normalized spacial score (nSPS) is 10.2. The molecule has 46 valence electrons. The quantitative estimate of drug-likeness (QED) is 0.677. The molecule has 0 heterocycles. The largest absolute Gasteiger partial charge is 2.00 e. The van der Waals surface area contributed by atoms with Gasteiger partial charge in [0, 0.05) is 16.1 Å². The van der Waals surface area contributed by atoms with Crippen LogP contribution in [0.25, 0.3) is 0 Å². The molecule has 0 aliphatic heterocycles. The van der Waals surface area contributed by atoms with E-state index in [0.29, 0.717) is 6.42 Å². The van der Waals surface area contributed by atoms with E-state index in [0.717, 1.165) is 0 Å². The summed E-state index contributed by atoms with van der Waals surface area (Å²) >= 11 is 0. The molecular weight excluding hydrogens is 350 g/mol. The Kier molecular flexibility index (Phi) is 7.11. The molecule has 0 rings (SSSR count). The summed E-state index contributed by atoms with van der Waals surface area (Å²) in [5.74, 6) is 1.28. The molecule has 0 fully saturated rings. The molecule has 8 heavy (non-hydrogen) atoms. The van der Waals surface area contributed by atoms with Crippen molar-refractivity contribution in [2.45, 2.75) is 13.3 Å². The minimum absolute atomic E-state index is 0. The van der Waals surface area contributed by atoms with Crippen molar-refractivity contribution in [2.75, 3.05) is 6.26 Å². The molecule has 2 nitrogen and oxygen atoms in total. The second kappa shape index (κ2) is 4.84. The van der Waals surface area contributed by atoms with Gasteiger partial charge in [-0.1, -0.05) is 6.92 Å². The predicted octanol–water partition coefficient (Wildman–Crippen LogP) is 0.603. The van der Waals surface area contributed by atoms with Crippen LogP contribution < -0.4 is 0 Å². The average molecular weight is 359 g/mol. The summed E-state index contributed by atoms with van der Waals surface area (Å²) in [5.41, 5.74) is 0. The average Bonchev–Trinajstić information content (AvgIpc) is 1.30. The number of rotatable bonds is 2. The first-order valence-corrected chi connectivity index (χ1v) is 4.05. The van der Waals surface area contributed by atoms with Crippen LogP contribution in [0.3, 0.4) is 0 Å². The minimum Gasteiger partial charge on any atom is -0.263 e. The van der Waals surface area contributed by atoms with Gasteiger partial charge >= 0.3 is 31.1 Å². The molecular formula is C4H9O2SU+. The van der Waals surface area contributed by atoms with Crippen LogP contribution in [0.1, 0.15) is 13.3 Å². The van der Waals surface area contributed by atoms with Gasteiger partial charge in [-0.25, -0.2) is 5.75 Å². The van der Waals surface area contributed by atoms with E-state index < -0.39 is 9.84 Å². The summed E-state index contributed by atoms with van der Waals surface area (Å²) in [6, 6.07) is 0. The third kappa shape index (κ3) is 10.1. The van der Waals surface area contributed by atoms with Crippen LogP contribution in [0.15, 0.2) is 0 Å². The zero-order valence-electron chi connectivity index (χ0n) is 5.01. The van der Waals surface area contributed by atoms with Crippen LogP contribution in [0.2, 0.25) is 0 Å². The maximum Gasteiger partial charge on any atom is 2.00 e. The Morgan fingerprint density at radius 1 is 1.50 bits per heavy atom. The van der Waals surface area contributed by atoms with Crippen molar-refractivity contribution in [3.8, 4) is 0 Å². The maximum absolute atomic E-state index is 10.2. The predicted molar refractivity (Wildman–Crippen MR) is 29.4 cm³/mol. The first-order chi connectivity index (χ1) is 3.06. The summed E-state index contributed by atoms with van der Waals surface area (Å²) in [6.07, 6.45) is 1.79. The first-order valence-electron chi connectivity index (χ1n) is 2.09.